The molecule has 6 heteroatoms. The number of rotatable bonds is 14. The Hall–Kier alpha value is -1.08. The maximum Gasteiger partial charge on any atom is 0.115 e. The Morgan fingerprint density at radius 2 is 1.71 bits per heavy atom. The zero-order valence-electron chi connectivity index (χ0n) is 12.9. The van der Waals surface area contributed by atoms with Gasteiger partial charge in [0.15, 0.2) is 0 Å². The summed E-state index contributed by atoms with van der Waals surface area (Å²) in [5.41, 5.74) is 0.983. The van der Waals surface area contributed by atoms with E-state index in [4.69, 9.17) is 14.2 Å². The molecule has 0 fully saturated rings. The average Bonchev–Trinajstić information content (AvgIpc) is 2.53. The van der Waals surface area contributed by atoms with E-state index in [1.54, 1.807) is 12.5 Å². The Balaban J connectivity index is 1.75. The molecule has 0 aliphatic carbocycles. The van der Waals surface area contributed by atoms with Crippen LogP contribution in [0.5, 0.6) is 0 Å². The SMILES string of the molecule is CCCCOCCOCCOCCNCc1ccncn1. The zero-order valence-corrected chi connectivity index (χ0v) is 12.9. The highest BCUT2D eigenvalue weighted by atomic mass is 16.5. The number of unbranched alkanes of at least 4 members (excludes halogenated alkanes) is 1. The Morgan fingerprint density at radius 1 is 1.00 bits per heavy atom. The topological polar surface area (TPSA) is 65.5 Å². The van der Waals surface area contributed by atoms with Gasteiger partial charge in [-0.1, -0.05) is 13.3 Å². The standard InChI is InChI=1S/C15H27N3O3/c1-2-3-7-19-9-11-21-12-10-20-8-6-16-13-15-4-5-17-14-18-15/h4-5,14,16H,2-3,6-13H2,1H3. The lowest BCUT2D eigenvalue weighted by Gasteiger charge is -2.07. The van der Waals surface area contributed by atoms with E-state index < -0.39 is 0 Å². The Labute approximate surface area is 127 Å². The van der Waals surface area contributed by atoms with Gasteiger partial charge in [0.2, 0.25) is 0 Å². The van der Waals surface area contributed by atoms with Crippen LogP contribution in [0.3, 0.4) is 0 Å². The van der Waals surface area contributed by atoms with Crippen LogP contribution in [0, 0.1) is 0 Å². The van der Waals surface area contributed by atoms with Crippen molar-refractivity contribution >= 4 is 0 Å². The number of nitrogens with one attached hydrogen (secondary N) is 1. The van der Waals surface area contributed by atoms with Crippen LogP contribution in [0.1, 0.15) is 25.5 Å². The van der Waals surface area contributed by atoms with E-state index >= 15 is 0 Å². The minimum atomic E-state index is 0.614. The van der Waals surface area contributed by atoms with Crippen molar-refractivity contribution in [3.63, 3.8) is 0 Å². The van der Waals surface area contributed by atoms with Crippen LogP contribution in [0.15, 0.2) is 18.6 Å². The van der Waals surface area contributed by atoms with Crippen LogP contribution < -0.4 is 5.32 Å². The second-order valence-corrected chi connectivity index (χ2v) is 4.57. The van der Waals surface area contributed by atoms with Crippen molar-refractivity contribution in [1.29, 1.82) is 0 Å². The molecule has 21 heavy (non-hydrogen) atoms. The van der Waals surface area contributed by atoms with E-state index in [1.807, 2.05) is 6.07 Å². The second kappa shape index (κ2) is 13.9. The fourth-order valence-corrected chi connectivity index (χ4v) is 1.57. The van der Waals surface area contributed by atoms with Gasteiger partial charge in [-0.15, -0.1) is 0 Å². The van der Waals surface area contributed by atoms with E-state index in [-0.39, 0.29) is 0 Å². The summed E-state index contributed by atoms with van der Waals surface area (Å²) < 4.78 is 16.2. The zero-order chi connectivity index (χ0) is 15.0. The number of hydrogen-bond acceptors (Lipinski definition) is 6. The molecule has 0 spiro atoms. The highest BCUT2D eigenvalue weighted by molar-refractivity contribution is 4.96. The van der Waals surface area contributed by atoms with Gasteiger partial charge in [0.1, 0.15) is 6.33 Å². The molecule has 0 aliphatic rings. The number of aromatic nitrogens is 2. The smallest absolute Gasteiger partial charge is 0.115 e. The van der Waals surface area contributed by atoms with Crippen molar-refractivity contribution < 1.29 is 14.2 Å². The van der Waals surface area contributed by atoms with Crippen molar-refractivity contribution in [2.24, 2.45) is 0 Å². The van der Waals surface area contributed by atoms with Gasteiger partial charge in [-0.05, 0) is 12.5 Å². The van der Waals surface area contributed by atoms with Crippen molar-refractivity contribution in [1.82, 2.24) is 15.3 Å². The molecule has 0 unspecified atom stereocenters. The lowest BCUT2D eigenvalue weighted by Crippen LogP contribution is -2.21. The lowest BCUT2D eigenvalue weighted by atomic mass is 10.4. The summed E-state index contributed by atoms with van der Waals surface area (Å²) in [7, 11) is 0. The molecule has 0 aliphatic heterocycles. The molecule has 0 amide bonds. The maximum absolute atomic E-state index is 5.46. The van der Waals surface area contributed by atoms with Gasteiger partial charge in [-0.3, -0.25) is 0 Å². The molecule has 6 nitrogen and oxygen atoms in total. The first-order valence-corrected chi connectivity index (χ1v) is 7.62. The lowest BCUT2D eigenvalue weighted by molar-refractivity contribution is 0.0146. The third-order valence-electron chi connectivity index (χ3n) is 2.76. The van der Waals surface area contributed by atoms with Crippen LogP contribution in [-0.4, -0.2) is 56.2 Å². The first-order chi connectivity index (χ1) is 10.4. The molecule has 1 aromatic rings. The van der Waals surface area contributed by atoms with Gasteiger partial charge in [-0.2, -0.15) is 0 Å². The van der Waals surface area contributed by atoms with E-state index in [1.165, 1.54) is 6.42 Å². The molecule has 1 heterocycles. The van der Waals surface area contributed by atoms with E-state index in [9.17, 15) is 0 Å². The van der Waals surface area contributed by atoms with Crippen molar-refractivity contribution in [3.05, 3.63) is 24.3 Å². The fourth-order valence-electron chi connectivity index (χ4n) is 1.57. The van der Waals surface area contributed by atoms with Gasteiger partial charge in [-0.25, -0.2) is 9.97 Å². The van der Waals surface area contributed by atoms with Crippen LogP contribution >= 0.6 is 0 Å². The van der Waals surface area contributed by atoms with Crippen molar-refractivity contribution in [3.8, 4) is 0 Å². The minimum absolute atomic E-state index is 0.614. The maximum atomic E-state index is 5.46. The molecule has 1 rings (SSSR count). The summed E-state index contributed by atoms with van der Waals surface area (Å²) in [5.74, 6) is 0. The third-order valence-corrected chi connectivity index (χ3v) is 2.76. The van der Waals surface area contributed by atoms with Crippen molar-refractivity contribution in [2.75, 3.05) is 46.2 Å². The summed E-state index contributed by atoms with van der Waals surface area (Å²) in [6.07, 6.45) is 5.58. The Bertz CT molecular complexity index is 325. The molecule has 1 N–H and O–H groups in total. The molecular weight excluding hydrogens is 270 g/mol. The van der Waals surface area contributed by atoms with E-state index in [0.29, 0.717) is 33.0 Å². The quantitative estimate of drug-likeness (QED) is 0.524. The number of ether oxygens (including phenoxy) is 3. The predicted molar refractivity (Wildman–Crippen MR) is 81.1 cm³/mol. The van der Waals surface area contributed by atoms with Crippen LogP contribution in [0.2, 0.25) is 0 Å². The molecule has 0 radical (unpaired) electrons. The first kappa shape index (κ1) is 18.0. The molecular formula is C15H27N3O3. The Kier molecular flexibility index (Phi) is 11.9. The fraction of sp³-hybridized carbons (Fsp3) is 0.733. The first-order valence-electron chi connectivity index (χ1n) is 7.62. The average molecular weight is 297 g/mol. The molecule has 0 saturated carbocycles. The highest BCUT2D eigenvalue weighted by Crippen LogP contribution is 1.89. The summed E-state index contributed by atoms with van der Waals surface area (Å²) in [6.45, 7) is 7.71. The second-order valence-electron chi connectivity index (χ2n) is 4.57. The molecule has 0 saturated heterocycles. The monoisotopic (exact) mass is 297 g/mol. The van der Waals surface area contributed by atoms with Gasteiger partial charge < -0.3 is 19.5 Å². The highest BCUT2D eigenvalue weighted by Gasteiger charge is 1.94. The number of hydrogen-bond donors (Lipinski definition) is 1. The van der Waals surface area contributed by atoms with E-state index in [0.717, 1.165) is 31.8 Å². The number of nitrogens with zero attached hydrogens (tertiary/aromatic N) is 2. The molecule has 120 valence electrons. The molecule has 0 aromatic carbocycles. The van der Waals surface area contributed by atoms with Gasteiger partial charge >= 0.3 is 0 Å². The minimum Gasteiger partial charge on any atom is -0.379 e. The van der Waals surface area contributed by atoms with Crippen LogP contribution in [0.4, 0.5) is 0 Å². The van der Waals surface area contributed by atoms with Crippen LogP contribution in [-0.2, 0) is 20.8 Å². The largest absolute Gasteiger partial charge is 0.379 e. The summed E-state index contributed by atoms with van der Waals surface area (Å²) in [4.78, 5) is 8.00. The molecule has 0 atom stereocenters. The van der Waals surface area contributed by atoms with Crippen molar-refractivity contribution in [2.45, 2.75) is 26.3 Å². The van der Waals surface area contributed by atoms with E-state index in [2.05, 4.69) is 22.2 Å². The summed E-state index contributed by atoms with van der Waals surface area (Å²) >= 11 is 0. The van der Waals surface area contributed by atoms with Crippen LogP contribution in [0.25, 0.3) is 0 Å². The predicted octanol–water partition coefficient (Wildman–Crippen LogP) is 1.42. The van der Waals surface area contributed by atoms with Gasteiger partial charge in [0.25, 0.3) is 0 Å². The third kappa shape index (κ3) is 11.3. The summed E-state index contributed by atoms with van der Waals surface area (Å²) in [5, 5.41) is 3.26. The molecule has 1 aromatic heterocycles. The Morgan fingerprint density at radius 3 is 2.38 bits per heavy atom. The van der Waals surface area contributed by atoms with Gasteiger partial charge in [0.05, 0.1) is 38.7 Å². The normalized spacial score (nSPS) is 10.9. The van der Waals surface area contributed by atoms with Gasteiger partial charge in [0, 0.05) is 25.9 Å². The summed E-state index contributed by atoms with van der Waals surface area (Å²) in [6, 6.07) is 1.89. The molecule has 0 bridgehead atoms.